The summed E-state index contributed by atoms with van der Waals surface area (Å²) in [4.78, 5) is 0. The number of hydrogen-bond acceptors (Lipinski definition) is 2. The van der Waals surface area contributed by atoms with Crippen molar-refractivity contribution in [3.8, 4) is 44.8 Å². The lowest BCUT2D eigenvalue weighted by atomic mass is 9.93. The third-order valence-corrected chi connectivity index (χ3v) is 6.17. The number of nitrogens with zero attached hydrogens (tertiary/aromatic N) is 2. The number of hydrogen-bond donors (Lipinski definition) is 0. The van der Waals surface area contributed by atoms with Crippen LogP contribution >= 0.6 is 0 Å². The molecule has 0 fully saturated rings. The molecule has 1 aromatic heterocycles. The first-order chi connectivity index (χ1) is 14.7. The van der Waals surface area contributed by atoms with Crippen molar-refractivity contribution in [2.75, 3.05) is 0 Å². The standard InChI is InChI=1S/C28H20N2/c1-17-13-15-19-16-14-18(2)23-24(19)22(17)25-26(23)28(21-11-7-4-8-12-21)30-29-27(25)20-9-5-3-6-10-20/h3-16H,1-2H3. The Bertz CT molecular complexity index is 1330. The van der Waals surface area contributed by atoms with E-state index in [9.17, 15) is 0 Å². The molecule has 1 aliphatic carbocycles. The quantitative estimate of drug-likeness (QED) is 0.315. The van der Waals surface area contributed by atoms with Crippen LogP contribution in [0.15, 0.2) is 84.9 Å². The summed E-state index contributed by atoms with van der Waals surface area (Å²) in [6.45, 7) is 4.40. The number of rotatable bonds is 2. The van der Waals surface area contributed by atoms with Crippen LogP contribution in [0.5, 0.6) is 0 Å². The lowest BCUT2D eigenvalue weighted by molar-refractivity contribution is 1.05. The maximum atomic E-state index is 4.79. The van der Waals surface area contributed by atoms with Gasteiger partial charge in [-0.2, -0.15) is 0 Å². The maximum absolute atomic E-state index is 4.79. The molecule has 0 N–H and O–H groups in total. The second kappa shape index (κ2) is 6.36. The van der Waals surface area contributed by atoms with E-state index in [1.807, 2.05) is 12.1 Å². The fourth-order valence-electron chi connectivity index (χ4n) is 4.79. The zero-order valence-corrected chi connectivity index (χ0v) is 17.0. The molecule has 30 heavy (non-hydrogen) atoms. The topological polar surface area (TPSA) is 25.8 Å². The predicted octanol–water partition coefficient (Wildman–Crippen LogP) is 7.23. The van der Waals surface area contributed by atoms with Gasteiger partial charge in [0.05, 0.1) is 0 Å². The van der Waals surface area contributed by atoms with Crippen LogP contribution in [0.4, 0.5) is 0 Å². The molecule has 0 bridgehead atoms. The normalized spacial score (nSPS) is 11.7. The molecule has 0 atom stereocenters. The molecular weight excluding hydrogens is 364 g/mol. The SMILES string of the molecule is Cc1ccc2ccc(C)c3c2c1-c1c(-c2ccccc2)nnc(-c2ccccc2)c1-3. The van der Waals surface area contributed by atoms with Crippen LogP contribution in [0.1, 0.15) is 11.1 Å². The van der Waals surface area contributed by atoms with Crippen LogP contribution in [0.25, 0.3) is 55.5 Å². The third kappa shape index (κ3) is 2.31. The second-order valence-electron chi connectivity index (χ2n) is 7.99. The van der Waals surface area contributed by atoms with E-state index in [-0.39, 0.29) is 0 Å². The summed E-state index contributed by atoms with van der Waals surface area (Å²) in [5.41, 5.74) is 11.7. The highest BCUT2D eigenvalue weighted by molar-refractivity contribution is 6.21. The van der Waals surface area contributed by atoms with Crippen molar-refractivity contribution in [1.29, 1.82) is 0 Å². The molecule has 2 nitrogen and oxygen atoms in total. The van der Waals surface area contributed by atoms with E-state index in [2.05, 4.69) is 86.6 Å². The summed E-state index contributed by atoms with van der Waals surface area (Å²) in [5, 5.41) is 12.2. The fourth-order valence-corrected chi connectivity index (χ4v) is 4.79. The van der Waals surface area contributed by atoms with E-state index in [1.165, 1.54) is 44.2 Å². The number of benzene rings is 4. The van der Waals surface area contributed by atoms with Gasteiger partial charge in [-0.3, -0.25) is 0 Å². The highest BCUT2D eigenvalue weighted by Gasteiger charge is 2.31. The summed E-state index contributed by atoms with van der Waals surface area (Å²) in [7, 11) is 0. The first kappa shape index (κ1) is 17.1. The second-order valence-corrected chi connectivity index (χ2v) is 7.99. The van der Waals surface area contributed by atoms with Crippen LogP contribution in [0, 0.1) is 13.8 Å². The summed E-state index contributed by atoms with van der Waals surface area (Å²) < 4.78 is 0. The van der Waals surface area contributed by atoms with Gasteiger partial charge in [0, 0.05) is 22.3 Å². The van der Waals surface area contributed by atoms with E-state index >= 15 is 0 Å². The molecule has 0 saturated carbocycles. The van der Waals surface area contributed by atoms with Gasteiger partial charge < -0.3 is 0 Å². The zero-order valence-electron chi connectivity index (χ0n) is 17.0. The molecule has 4 aromatic carbocycles. The van der Waals surface area contributed by atoms with Crippen molar-refractivity contribution in [3.63, 3.8) is 0 Å². The molecule has 2 heteroatoms. The lowest BCUT2D eigenvalue weighted by Crippen LogP contribution is -1.98. The first-order valence-electron chi connectivity index (χ1n) is 10.3. The van der Waals surface area contributed by atoms with Crippen LogP contribution < -0.4 is 0 Å². The Balaban J connectivity index is 1.83. The van der Waals surface area contributed by atoms with E-state index < -0.39 is 0 Å². The van der Waals surface area contributed by atoms with Crippen molar-refractivity contribution in [2.45, 2.75) is 13.8 Å². The summed E-state index contributed by atoms with van der Waals surface area (Å²) in [6.07, 6.45) is 0. The van der Waals surface area contributed by atoms with Gasteiger partial charge in [0.25, 0.3) is 0 Å². The van der Waals surface area contributed by atoms with Crippen LogP contribution in [0.2, 0.25) is 0 Å². The predicted molar refractivity (Wildman–Crippen MR) is 124 cm³/mol. The molecule has 0 spiro atoms. The molecule has 1 aliphatic rings. The molecule has 1 heterocycles. The maximum Gasteiger partial charge on any atom is 0.101 e. The molecule has 0 saturated heterocycles. The van der Waals surface area contributed by atoms with Gasteiger partial charge in [0.2, 0.25) is 0 Å². The summed E-state index contributed by atoms with van der Waals surface area (Å²) in [5.74, 6) is 0. The van der Waals surface area contributed by atoms with Crippen LogP contribution in [-0.4, -0.2) is 10.2 Å². The smallest absolute Gasteiger partial charge is 0.101 e. The molecule has 0 radical (unpaired) electrons. The number of fused-ring (bicyclic) bond motifs is 3. The van der Waals surface area contributed by atoms with Gasteiger partial charge in [-0.15, -0.1) is 10.2 Å². The Hall–Kier alpha value is -3.78. The van der Waals surface area contributed by atoms with Crippen LogP contribution in [-0.2, 0) is 0 Å². The average molecular weight is 384 g/mol. The van der Waals surface area contributed by atoms with E-state index in [0.717, 1.165) is 22.5 Å². The minimum absolute atomic E-state index is 0.955. The van der Waals surface area contributed by atoms with E-state index in [1.54, 1.807) is 0 Å². The Labute approximate surface area is 175 Å². The van der Waals surface area contributed by atoms with E-state index in [0.29, 0.717) is 0 Å². The van der Waals surface area contributed by atoms with Gasteiger partial charge in [-0.25, -0.2) is 0 Å². The number of aryl methyl sites for hydroxylation is 2. The molecule has 5 aromatic rings. The zero-order chi connectivity index (χ0) is 20.2. The highest BCUT2D eigenvalue weighted by Crippen LogP contribution is 2.55. The minimum Gasteiger partial charge on any atom is -0.149 e. The van der Waals surface area contributed by atoms with Gasteiger partial charge >= 0.3 is 0 Å². The van der Waals surface area contributed by atoms with Crippen molar-refractivity contribution in [2.24, 2.45) is 0 Å². The van der Waals surface area contributed by atoms with Gasteiger partial charge in [0.15, 0.2) is 0 Å². The monoisotopic (exact) mass is 384 g/mol. The van der Waals surface area contributed by atoms with Gasteiger partial charge in [0.1, 0.15) is 11.4 Å². The fraction of sp³-hybridized carbons (Fsp3) is 0.0714. The highest BCUT2D eigenvalue weighted by atomic mass is 15.1. The Morgan fingerprint density at radius 2 is 0.900 bits per heavy atom. The molecule has 6 rings (SSSR count). The van der Waals surface area contributed by atoms with Gasteiger partial charge in [-0.1, -0.05) is 84.9 Å². The third-order valence-electron chi connectivity index (χ3n) is 6.17. The van der Waals surface area contributed by atoms with Crippen molar-refractivity contribution >= 4 is 10.8 Å². The van der Waals surface area contributed by atoms with Gasteiger partial charge in [-0.05, 0) is 46.9 Å². The molecular formula is C28H20N2. The Morgan fingerprint density at radius 3 is 1.33 bits per heavy atom. The Kier molecular flexibility index (Phi) is 3.63. The van der Waals surface area contributed by atoms with Crippen LogP contribution in [0.3, 0.4) is 0 Å². The van der Waals surface area contributed by atoms with E-state index in [4.69, 9.17) is 10.2 Å². The Morgan fingerprint density at radius 1 is 0.467 bits per heavy atom. The minimum atomic E-state index is 0.955. The first-order valence-corrected chi connectivity index (χ1v) is 10.3. The lowest BCUT2D eigenvalue weighted by Gasteiger charge is -2.14. The summed E-state index contributed by atoms with van der Waals surface area (Å²) >= 11 is 0. The molecule has 0 aliphatic heterocycles. The van der Waals surface area contributed by atoms with Crippen molar-refractivity contribution in [1.82, 2.24) is 10.2 Å². The molecule has 0 unspecified atom stereocenters. The average Bonchev–Trinajstić information content (AvgIpc) is 3.17. The van der Waals surface area contributed by atoms with Crippen molar-refractivity contribution in [3.05, 3.63) is 96.1 Å². The van der Waals surface area contributed by atoms with Crippen molar-refractivity contribution < 1.29 is 0 Å². The number of aromatic nitrogens is 2. The molecule has 142 valence electrons. The summed E-state index contributed by atoms with van der Waals surface area (Å²) in [6, 6.07) is 29.7. The largest absolute Gasteiger partial charge is 0.149 e. The molecule has 0 amide bonds.